The Morgan fingerprint density at radius 3 is 2.77 bits per heavy atom. The van der Waals surface area contributed by atoms with Gasteiger partial charge in [-0.05, 0) is 30.7 Å². The Bertz CT molecular complexity index is 639. The van der Waals surface area contributed by atoms with Gasteiger partial charge in [0.05, 0.1) is 18.0 Å². The summed E-state index contributed by atoms with van der Waals surface area (Å²) in [4.78, 5) is 27.1. The second-order valence-corrected chi connectivity index (χ2v) is 4.80. The molecule has 1 atom stereocenters. The Morgan fingerprint density at radius 1 is 1.32 bits per heavy atom. The highest BCUT2D eigenvalue weighted by Crippen LogP contribution is 2.15. The number of aliphatic hydroxyl groups is 1. The number of hydrogen-bond acceptors (Lipinski definition) is 4. The molecule has 1 unspecified atom stereocenters. The van der Waals surface area contributed by atoms with Gasteiger partial charge in [-0.2, -0.15) is 0 Å². The highest BCUT2D eigenvalue weighted by Gasteiger charge is 2.15. The molecule has 0 aromatic carbocycles. The average Bonchev–Trinajstić information content (AvgIpc) is 2.94. The van der Waals surface area contributed by atoms with Crippen molar-refractivity contribution in [2.75, 3.05) is 11.9 Å². The minimum Gasteiger partial charge on any atom is -0.387 e. The third kappa shape index (κ3) is 4.16. The van der Waals surface area contributed by atoms with Gasteiger partial charge in [-0.25, -0.2) is 0 Å². The standard InChI is InChI=1S/C15H18N4O3/c1-19-9-3-5-12(19)13(20)6-8-17-14(21)15(22)18-11-4-2-7-16-10-11/h2-5,7,9-10,13,20H,6,8H2,1H3,(H,17,21)(H,18,22). The summed E-state index contributed by atoms with van der Waals surface area (Å²) in [6.45, 7) is 0.200. The largest absolute Gasteiger partial charge is 0.387 e. The second kappa shape index (κ2) is 7.37. The van der Waals surface area contributed by atoms with Crippen molar-refractivity contribution >= 4 is 17.5 Å². The van der Waals surface area contributed by atoms with Crippen molar-refractivity contribution in [1.82, 2.24) is 14.9 Å². The molecule has 0 saturated heterocycles. The number of aryl methyl sites for hydroxylation is 1. The van der Waals surface area contributed by atoms with E-state index in [0.29, 0.717) is 12.1 Å². The van der Waals surface area contributed by atoms with Crippen LogP contribution in [0.2, 0.25) is 0 Å². The van der Waals surface area contributed by atoms with E-state index >= 15 is 0 Å². The zero-order chi connectivity index (χ0) is 15.9. The molecule has 2 aromatic rings. The van der Waals surface area contributed by atoms with Crippen LogP contribution in [0.4, 0.5) is 5.69 Å². The van der Waals surface area contributed by atoms with Gasteiger partial charge >= 0.3 is 11.8 Å². The molecule has 0 fully saturated rings. The zero-order valence-corrected chi connectivity index (χ0v) is 12.2. The van der Waals surface area contributed by atoms with E-state index in [4.69, 9.17) is 0 Å². The van der Waals surface area contributed by atoms with E-state index in [2.05, 4.69) is 15.6 Å². The number of aliphatic hydroxyl groups excluding tert-OH is 1. The van der Waals surface area contributed by atoms with Gasteiger partial charge in [0.1, 0.15) is 0 Å². The van der Waals surface area contributed by atoms with Crippen molar-refractivity contribution in [2.24, 2.45) is 7.05 Å². The van der Waals surface area contributed by atoms with E-state index in [9.17, 15) is 14.7 Å². The van der Waals surface area contributed by atoms with Crippen LogP contribution in [0.5, 0.6) is 0 Å². The molecule has 0 radical (unpaired) electrons. The number of carbonyl (C=O) groups excluding carboxylic acids is 2. The number of aromatic nitrogens is 2. The molecular weight excluding hydrogens is 284 g/mol. The molecule has 0 bridgehead atoms. The molecule has 116 valence electrons. The van der Waals surface area contributed by atoms with Crippen molar-refractivity contribution in [1.29, 1.82) is 0 Å². The molecule has 0 aliphatic heterocycles. The topological polar surface area (TPSA) is 96.2 Å². The second-order valence-electron chi connectivity index (χ2n) is 4.80. The fourth-order valence-corrected chi connectivity index (χ4v) is 2.00. The van der Waals surface area contributed by atoms with Crippen LogP contribution in [-0.4, -0.2) is 33.0 Å². The molecule has 0 aliphatic rings. The first-order valence-corrected chi connectivity index (χ1v) is 6.86. The number of anilines is 1. The van der Waals surface area contributed by atoms with Crippen LogP contribution in [0.3, 0.4) is 0 Å². The van der Waals surface area contributed by atoms with Crippen molar-refractivity contribution in [3.05, 3.63) is 48.5 Å². The Balaban J connectivity index is 1.76. The SMILES string of the molecule is Cn1cccc1C(O)CCNC(=O)C(=O)Nc1cccnc1. The Labute approximate surface area is 128 Å². The molecule has 2 amide bonds. The summed E-state index contributed by atoms with van der Waals surface area (Å²) in [6.07, 6.45) is 4.48. The lowest BCUT2D eigenvalue weighted by molar-refractivity contribution is -0.136. The molecule has 3 N–H and O–H groups in total. The van der Waals surface area contributed by atoms with Crippen molar-refractivity contribution in [3.63, 3.8) is 0 Å². The monoisotopic (exact) mass is 302 g/mol. The molecule has 2 aromatic heterocycles. The third-order valence-electron chi connectivity index (χ3n) is 3.15. The first-order valence-electron chi connectivity index (χ1n) is 6.86. The molecule has 7 nitrogen and oxygen atoms in total. The number of nitrogens with zero attached hydrogens (tertiary/aromatic N) is 2. The molecular formula is C15H18N4O3. The Hall–Kier alpha value is -2.67. The summed E-state index contributed by atoms with van der Waals surface area (Å²) in [5.41, 5.74) is 1.21. The molecule has 2 rings (SSSR count). The van der Waals surface area contributed by atoms with Gasteiger partial charge in [0.25, 0.3) is 0 Å². The van der Waals surface area contributed by atoms with Crippen molar-refractivity contribution < 1.29 is 14.7 Å². The lowest BCUT2D eigenvalue weighted by atomic mass is 10.2. The summed E-state index contributed by atoms with van der Waals surface area (Å²) in [6, 6.07) is 6.93. The molecule has 0 aliphatic carbocycles. The maximum atomic E-state index is 11.7. The minimum atomic E-state index is -0.763. The fourth-order valence-electron chi connectivity index (χ4n) is 2.00. The van der Waals surface area contributed by atoms with E-state index in [1.807, 2.05) is 29.9 Å². The van der Waals surface area contributed by atoms with Crippen LogP contribution in [0, 0.1) is 0 Å². The average molecular weight is 302 g/mol. The van der Waals surface area contributed by atoms with Gasteiger partial charge in [-0.1, -0.05) is 0 Å². The third-order valence-corrected chi connectivity index (χ3v) is 3.15. The van der Waals surface area contributed by atoms with Crippen LogP contribution in [0.1, 0.15) is 18.2 Å². The van der Waals surface area contributed by atoms with Crippen LogP contribution in [0.25, 0.3) is 0 Å². The summed E-state index contributed by atoms with van der Waals surface area (Å²) >= 11 is 0. The van der Waals surface area contributed by atoms with Crippen LogP contribution in [0.15, 0.2) is 42.9 Å². The Kier molecular flexibility index (Phi) is 5.26. The first-order chi connectivity index (χ1) is 10.6. The first kappa shape index (κ1) is 15.7. The fraction of sp³-hybridized carbons (Fsp3) is 0.267. The highest BCUT2D eigenvalue weighted by molar-refractivity contribution is 6.39. The van der Waals surface area contributed by atoms with Gasteiger partial charge in [0.15, 0.2) is 0 Å². The quantitative estimate of drug-likeness (QED) is 0.705. The van der Waals surface area contributed by atoms with Gasteiger partial charge in [0.2, 0.25) is 0 Å². The lowest BCUT2D eigenvalue weighted by Crippen LogP contribution is -2.36. The predicted molar refractivity (Wildman–Crippen MR) is 80.9 cm³/mol. The summed E-state index contributed by atoms with van der Waals surface area (Å²) < 4.78 is 1.81. The van der Waals surface area contributed by atoms with E-state index < -0.39 is 17.9 Å². The molecule has 22 heavy (non-hydrogen) atoms. The maximum Gasteiger partial charge on any atom is 0.313 e. The van der Waals surface area contributed by atoms with Gasteiger partial charge < -0.3 is 20.3 Å². The number of amides is 2. The lowest BCUT2D eigenvalue weighted by Gasteiger charge is -2.12. The van der Waals surface area contributed by atoms with E-state index in [0.717, 1.165) is 5.69 Å². The summed E-state index contributed by atoms with van der Waals surface area (Å²) in [5.74, 6) is -1.51. The molecule has 2 heterocycles. The predicted octanol–water partition coefficient (Wildman–Crippen LogP) is 0.598. The highest BCUT2D eigenvalue weighted by atomic mass is 16.3. The maximum absolute atomic E-state index is 11.7. The molecule has 7 heteroatoms. The van der Waals surface area contributed by atoms with Gasteiger partial charge in [-0.15, -0.1) is 0 Å². The van der Waals surface area contributed by atoms with Crippen LogP contribution in [-0.2, 0) is 16.6 Å². The minimum absolute atomic E-state index is 0.200. The number of pyridine rings is 1. The number of nitrogens with one attached hydrogen (secondary N) is 2. The van der Waals surface area contributed by atoms with E-state index in [1.165, 1.54) is 6.20 Å². The number of carbonyl (C=O) groups is 2. The smallest absolute Gasteiger partial charge is 0.313 e. The van der Waals surface area contributed by atoms with Gasteiger partial charge in [-0.3, -0.25) is 14.6 Å². The summed E-state index contributed by atoms with van der Waals surface area (Å²) in [7, 11) is 1.83. The normalized spacial score (nSPS) is 11.7. The van der Waals surface area contributed by atoms with Crippen molar-refractivity contribution in [3.8, 4) is 0 Å². The molecule has 0 saturated carbocycles. The number of rotatable bonds is 5. The van der Waals surface area contributed by atoms with E-state index in [-0.39, 0.29) is 6.54 Å². The van der Waals surface area contributed by atoms with E-state index in [1.54, 1.807) is 18.3 Å². The van der Waals surface area contributed by atoms with Gasteiger partial charge in [0, 0.05) is 31.7 Å². The van der Waals surface area contributed by atoms with Crippen LogP contribution >= 0.6 is 0 Å². The van der Waals surface area contributed by atoms with Crippen LogP contribution < -0.4 is 10.6 Å². The zero-order valence-electron chi connectivity index (χ0n) is 12.2. The number of hydrogen-bond donors (Lipinski definition) is 3. The summed E-state index contributed by atoms with van der Waals surface area (Å²) in [5, 5.41) is 14.9. The van der Waals surface area contributed by atoms with Crippen molar-refractivity contribution in [2.45, 2.75) is 12.5 Å². The molecule has 0 spiro atoms. The Morgan fingerprint density at radius 2 is 2.14 bits per heavy atom.